The lowest BCUT2D eigenvalue weighted by atomic mass is 9.96. The standard InChI is InChI=1S/2C56H36N6/c1-4-17-37(18-5-1)50-36-42-23-10-11-26-45(42)53-51(52(60-62(50)53)39-19-6-2-7-20-39)38-31-33-41(34-32-38)55-57-54(40-21-8-3-9-22-40)58-56(59-55)43-24-16-25-44(35-43)61-48-29-14-12-27-46(48)47-28-13-15-30-49(47)61;1-4-16-37(17-5-1)50-36-43-22-10-11-23-45(43)53-51(52(60-62(50)53)39-18-6-2-7-19-39)38-28-30-41(31-29-38)55-57-54(40-20-8-3-9-21-40)58-56(59-55)42-32-34-44(35-33-42)61-48-26-14-12-24-46(48)47-25-13-15-27-49(47)61/h2*1-36H. The second-order valence-electron chi connectivity index (χ2n) is 31.0. The molecule has 0 fully saturated rings. The van der Waals surface area contributed by atoms with Crippen molar-refractivity contribution in [3.05, 3.63) is 437 Å². The maximum Gasteiger partial charge on any atom is 0.164 e. The van der Waals surface area contributed by atoms with Crippen molar-refractivity contribution in [2.45, 2.75) is 0 Å². The van der Waals surface area contributed by atoms with Crippen LogP contribution in [0.15, 0.2) is 437 Å². The highest BCUT2D eigenvalue weighted by atomic mass is 15.2. The van der Waals surface area contributed by atoms with E-state index in [1.54, 1.807) is 0 Å². The molecule has 0 saturated heterocycles. The van der Waals surface area contributed by atoms with Crippen molar-refractivity contribution in [3.8, 4) is 147 Å². The van der Waals surface area contributed by atoms with Crippen molar-refractivity contribution in [2.75, 3.05) is 0 Å². The minimum atomic E-state index is 0.600. The molecule has 0 spiro atoms. The van der Waals surface area contributed by atoms with E-state index in [-0.39, 0.29) is 0 Å². The van der Waals surface area contributed by atoms with Gasteiger partial charge in [0.25, 0.3) is 0 Å². The molecule has 0 amide bonds. The molecule has 0 aliphatic rings. The zero-order valence-corrected chi connectivity index (χ0v) is 66.9. The fourth-order valence-corrected chi connectivity index (χ4v) is 17.8. The van der Waals surface area contributed by atoms with Crippen LogP contribution in [-0.4, -0.2) is 58.3 Å². The van der Waals surface area contributed by atoms with Gasteiger partial charge in [-0.15, -0.1) is 0 Å². The molecule has 0 bridgehead atoms. The number of fused-ring (bicyclic) bond motifs is 12. The molecule has 0 atom stereocenters. The molecule has 12 heteroatoms. The molecule has 12 nitrogen and oxygen atoms in total. The third-order valence-corrected chi connectivity index (χ3v) is 23.6. The van der Waals surface area contributed by atoms with Gasteiger partial charge in [-0.25, -0.2) is 38.9 Å². The molecule has 580 valence electrons. The molecule has 0 saturated carbocycles. The van der Waals surface area contributed by atoms with E-state index in [1.165, 1.54) is 32.6 Å². The van der Waals surface area contributed by atoms with Crippen LogP contribution in [0.3, 0.4) is 0 Å². The average molecular weight is 1590 g/mol. The Morgan fingerprint density at radius 2 is 0.427 bits per heavy atom. The molecule has 24 aromatic rings. The van der Waals surface area contributed by atoms with E-state index >= 15 is 0 Å². The molecule has 8 heterocycles. The fourth-order valence-electron chi connectivity index (χ4n) is 17.8. The Balaban J connectivity index is 0.000000143. The van der Waals surface area contributed by atoms with Gasteiger partial charge < -0.3 is 9.13 Å². The maximum atomic E-state index is 5.40. The van der Waals surface area contributed by atoms with Gasteiger partial charge in [0.2, 0.25) is 0 Å². The van der Waals surface area contributed by atoms with Gasteiger partial charge in [-0.3, -0.25) is 0 Å². The number of rotatable bonds is 14. The molecule has 0 N–H and O–H groups in total. The van der Waals surface area contributed by atoms with Gasteiger partial charge in [-0.1, -0.05) is 364 Å². The first-order valence-corrected chi connectivity index (χ1v) is 41.6. The second-order valence-corrected chi connectivity index (χ2v) is 31.0. The first kappa shape index (κ1) is 72.3. The Morgan fingerprint density at radius 3 is 0.782 bits per heavy atom. The van der Waals surface area contributed by atoms with Crippen molar-refractivity contribution in [1.82, 2.24) is 58.3 Å². The largest absolute Gasteiger partial charge is 0.309 e. The highest BCUT2D eigenvalue weighted by Crippen LogP contribution is 2.45. The topological polar surface area (TPSA) is 122 Å². The van der Waals surface area contributed by atoms with Crippen LogP contribution in [0.1, 0.15) is 0 Å². The number of nitrogens with zero attached hydrogens (tertiary/aromatic N) is 12. The molecule has 124 heavy (non-hydrogen) atoms. The molecule has 0 aliphatic heterocycles. The summed E-state index contributed by atoms with van der Waals surface area (Å²) in [5.41, 5.74) is 26.8. The smallest absolute Gasteiger partial charge is 0.164 e. The van der Waals surface area contributed by atoms with E-state index < -0.39 is 0 Å². The van der Waals surface area contributed by atoms with E-state index in [0.29, 0.717) is 34.9 Å². The lowest BCUT2D eigenvalue weighted by molar-refractivity contribution is 0.979. The molecule has 0 radical (unpaired) electrons. The van der Waals surface area contributed by atoms with Crippen LogP contribution >= 0.6 is 0 Å². The third kappa shape index (κ3) is 12.9. The summed E-state index contributed by atoms with van der Waals surface area (Å²) in [6.07, 6.45) is 0. The Bertz CT molecular complexity index is 8070. The van der Waals surface area contributed by atoms with Crippen LogP contribution in [0.5, 0.6) is 0 Å². The minimum Gasteiger partial charge on any atom is -0.309 e. The molecule has 0 aliphatic carbocycles. The Kier molecular flexibility index (Phi) is 17.9. The second kappa shape index (κ2) is 30.8. The van der Waals surface area contributed by atoms with Crippen LogP contribution in [-0.2, 0) is 0 Å². The van der Waals surface area contributed by atoms with Gasteiger partial charge >= 0.3 is 0 Å². The first-order valence-electron chi connectivity index (χ1n) is 41.6. The van der Waals surface area contributed by atoms with Gasteiger partial charge in [-0.05, 0) is 94.7 Å². The van der Waals surface area contributed by atoms with Crippen molar-refractivity contribution in [2.24, 2.45) is 0 Å². The van der Waals surface area contributed by atoms with Crippen molar-refractivity contribution in [3.63, 3.8) is 0 Å². The SMILES string of the molecule is c1ccc(-c2nc(-c3ccc(-c4c(-c5ccccc5)nn5c(-c6ccccc6)cc6ccccc6c45)cc3)nc(-c3ccc(-n4c5ccccc5c5ccccc54)cc3)n2)cc1.c1ccc(-c2nc(-c3ccc(-c4c(-c5ccccc5)nn5c(-c6ccccc6)cc6ccccc6c45)cc3)nc(-c3cccc(-n4c5ccccc5c5ccccc54)c3)n2)cc1. The zero-order chi connectivity index (χ0) is 82.0. The minimum absolute atomic E-state index is 0.600. The van der Waals surface area contributed by atoms with Crippen LogP contribution in [0.4, 0.5) is 0 Å². The van der Waals surface area contributed by atoms with E-state index in [0.717, 1.165) is 156 Å². The van der Waals surface area contributed by atoms with E-state index in [2.05, 4.69) is 382 Å². The fraction of sp³-hybridized carbons (Fsp3) is 0. The highest BCUT2D eigenvalue weighted by Gasteiger charge is 2.26. The van der Waals surface area contributed by atoms with Crippen LogP contribution < -0.4 is 0 Å². The number of pyridine rings is 2. The van der Waals surface area contributed by atoms with Gasteiger partial charge in [-0.2, -0.15) is 10.2 Å². The maximum absolute atomic E-state index is 5.40. The summed E-state index contributed by atoms with van der Waals surface area (Å²) in [5, 5.41) is 20.3. The van der Waals surface area contributed by atoms with Crippen LogP contribution in [0.25, 0.3) is 223 Å². The van der Waals surface area contributed by atoms with Crippen LogP contribution in [0.2, 0.25) is 0 Å². The normalized spacial score (nSPS) is 11.5. The predicted octanol–water partition coefficient (Wildman–Crippen LogP) is 27.5. The van der Waals surface area contributed by atoms with Gasteiger partial charge in [0.05, 0.1) is 44.5 Å². The van der Waals surface area contributed by atoms with Gasteiger partial charge in [0.15, 0.2) is 34.9 Å². The summed E-state index contributed by atoms with van der Waals surface area (Å²) >= 11 is 0. The number of benzene rings is 16. The zero-order valence-electron chi connectivity index (χ0n) is 66.9. The monoisotopic (exact) mass is 1580 g/mol. The van der Waals surface area contributed by atoms with Gasteiger partial charge in [0, 0.05) is 110 Å². The summed E-state index contributed by atoms with van der Waals surface area (Å²) in [6, 6.07) is 152. The summed E-state index contributed by atoms with van der Waals surface area (Å²) in [7, 11) is 0. The Morgan fingerprint density at radius 1 is 0.169 bits per heavy atom. The van der Waals surface area contributed by atoms with E-state index in [1.807, 2.05) is 72.8 Å². The lowest BCUT2D eigenvalue weighted by Gasteiger charge is -2.12. The lowest BCUT2D eigenvalue weighted by Crippen LogP contribution is -2.01. The average Bonchev–Trinajstić information content (AvgIpc) is 1.57. The molecule has 24 rings (SSSR count). The summed E-state index contributed by atoms with van der Waals surface area (Å²) in [4.78, 5) is 30.7. The number of hydrogen-bond donors (Lipinski definition) is 0. The van der Waals surface area contributed by atoms with Crippen LogP contribution in [0, 0.1) is 0 Å². The van der Waals surface area contributed by atoms with Gasteiger partial charge in [0.1, 0.15) is 11.4 Å². The number of aromatic nitrogens is 12. The number of para-hydroxylation sites is 4. The number of hydrogen-bond acceptors (Lipinski definition) is 8. The van der Waals surface area contributed by atoms with E-state index in [9.17, 15) is 0 Å². The molecular formula is C112H72N12. The molecule has 8 aromatic heterocycles. The highest BCUT2D eigenvalue weighted by molar-refractivity contribution is 6.13. The third-order valence-electron chi connectivity index (χ3n) is 23.6. The summed E-state index contributed by atoms with van der Waals surface area (Å²) in [6.45, 7) is 0. The van der Waals surface area contributed by atoms with Crippen molar-refractivity contribution in [1.29, 1.82) is 0 Å². The molecule has 0 unspecified atom stereocenters. The molecular weight excluding hydrogens is 1510 g/mol. The quantitative estimate of drug-likeness (QED) is 0.106. The Hall–Kier alpha value is -17.0. The van der Waals surface area contributed by atoms with E-state index in [4.69, 9.17) is 40.1 Å². The van der Waals surface area contributed by atoms with Crippen molar-refractivity contribution >= 4 is 76.2 Å². The Labute approximate surface area is 713 Å². The predicted molar refractivity (Wildman–Crippen MR) is 506 cm³/mol. The summed E-state index contributed by atoms with van der Waals surface area (Å²) in [5.74, 6) is 3.66. The molecule has 16 aromatic carbocycles. The summed E-state index contributed by atoms with van der Waals surface area (Å²) < 4.78 is 8.90. The first-order chi connectivity index (χ1) is 61.5. The van der Waals surface area contributed by atoms with Crippen molar-refractivity contribution < 1.29 is 0 Å².